The summed E-state index contributed by atoms with van der Waals surface area (Å²) in [5, 5.41) is 0. The van der Waals surface area contributed by atoms with Gasteiger partial charge in [0.05, 0.1) is 8.68 Å². The molecule has 2 rings (SSSR count). The molecule has 21 heavy (non-hydrogen) atoms. The van der Waals surface area contributed by atoms with Gasteiger partial charge in [0.25, 0.3) is 10.0 Å². The van der Waals surface area contributed by atoms with E-state index in [0.717, 1.165) is 26.9 Å². The molecule has 0 spiro atoms. The lowest BCUT2D eigenvalue weighted by atomic mass is 10.3. The molecule has 0 atom stereocenters. The fourth-order valence-electron chi connectivity index (χ4n) is 1.54. The number of sulfone groups is 1. The summed E-state index contributed by atoms with van der Waals surface area (Å²) >= 11 is 4.40. The Bertz CT molecular complexity index is 848. The molecule has 5 nitrogen and oxygen atoms in total. The Labute approximate surface area is 136 Å². The van der Waals surface area contributed by atoms with E-state index in [4.69, 9.17) is 0 Å². The van der Waals surface area contributed by atoms with Gasteiger partial charge in [-0.05, 0) is 58.7 Å². The SMILES string of the molecule is Cc1cc(S(=O)(=O)Nc2ccc(S(C)(=O)=O)cc2)sc1Br. The van der Waals surface area contributed by atoms with Crippen LogP contribution in [0.3, 0.4) is 0 Å². The van der Waals surface area contributed by atoms with Crippen LogP contribution in [-0.4, -0.2) is 23.1 Å². The fraction of sp³-hybridized carbons (Fsp3) is 0.167. The minimum absolute atomic E-state index is 0.139. The van der Waals surface area contributed by atoms with Crippen LogP contribution in [0.2, 0.25) is 0 Å². The number of rotatable bonds is 4. The van der Waals surface area contributed by atoms with Crippen molar-refractivity contribution in [1.82, 2.24) is 0 Å². The van der Waals surface area contributed by atoms with Crippen molar-refractivity contribution in [2.75, 3.05) is 11.0 Å². The van der Waals surface area contributed by atoms with Crippen molar-refractivity contribution in [2.45, 2.75) is 16.0 Å². The average Bonchev–Trinajstić information content (AvgIpc) is 2.69. The molecule has 2 aromatic rings. The number of benzene rings is 1. The van der Waals surface area contributed by atoms with Crippen molar-refractivity contribution in [3.8, 4) is 0 Å². The Kier molecular flexibility index (Phi) is 4.48. The van der Waals surface area contributed by atoms with Gasteiger partial charge in [0.2, 0.25) is 0 Å². The highest BCUT2D eigenvalue weighted by Crippen LogP contribution is 2.31. The maximum atomic E-state index is 12.2. The number of nitrogens with one attached hydrogen (secondary N) is 1. The summed E-state index contributed by atoms with van der Waals surface area (Å²) in [4.78, 5) is 0.139. The standard InChI is InChI=1S/C12H12BrNO4S3/c1-8-7-11(19-12(8)13)21(17,18)14-9-3-5-10(6-4-9)20(2,15)16/h3-7,14H,1-2H3. The van der Waals surface area contributed by atoms with Crippen molar-refractivity contribution >= 4 is 52.8 Å². The van der Waals surface area contributed by atoms with Gasteiger partial charge in [0.15, 0.2) is 9.84 Å². The number of sulfonamides is 1. The summed E-state index contributed by atoms with van der Waals surface area (Å²) in [7, 11) is -6.97. The van der Waals surface area contributed by atoms with Crippen LogP contribution in [0.15, 0.2) is 43.2 Å². The highest BCUT2D eigenvalue weighted by Gasteiger charge is 2.18. The number of aryl methyl sites for hydroxylation is 1. The average molecular weight is 410 g/mol. The van der Waals surface area contributed by atoms with E-state index in [1.54, 1.807) is 13.0 Å². The molecule has 1 aromatic carbocycles. The summed E-state index contributed by atoms with van der Waals surface area (Å²) in [6, 6.07) is 7.14. The lowest BCUT2D eigenvalue weighted by Gasteiger charge is -2.06. The molecule has 114 valence electrons. The smallest absolute Gasteiger partial charge is 0.271 e. The summed E-state index contributed by atoms with van der Waals surface area (Å²) < 4.78 is 50.5. The Balaban J connectivity index is 2.29. The van der Waals surface area contributed by atoms with Gasteiger partial charge in [0, 0.05) is 11.9 Å². The number of hydrogen-bond donors (Lipinski definition) is 1. The summed E-state index contributed by atoms with van der Waals surface area (Å²) in [6.45, 7) is 1.81. The van der Waals surface area contributed by atoms with Gasteiger partial charge in [0.1, 0.15) is 4.21 Å². The number of anilines is 1. The zero-order chi connectivity index (χ0) is 15.8. The first-order chi connectivity index (χ1) is 9.59. The molecule has 1 heterocycles. The van der Waals surface area contributed by atoms with E-state index in [-0.39, 0.29) is 9.10 Å². The third-order valence-electron chi connectivity index (χ3n) is 2.63. The minimum Gasteiger partial charge on any atom is -0.279 e. The van der Waals surface area contributed by atoms with E-state index >= 15 is 0 Å². The number of thiophene rings is 1. The van der Waals surface area contributed by atoms with Crippen LogP contribution in [0.5, 0.6) is 0 Å². The van der Waals surface area contributed by atoms with Gasteiger partial charge in [-0.2, -0.15) is 0 Å². The van der Waals surface area contributed by atoms with Gasteiger partial charge < -0.3 is 0 Å². The van der Waals surface area contributed by atoms with E-state index in [0.29, 0.717) is 5.69 Å². The van der Waals surface area contributed by atoms with E-state index in [1.165, 1.54) is 24.3 Å². The van der Waals surface area contributed by atoms with Gasteiger partial charge >= 0.3 is 0 Å². The number of halogens is 1. The van der Waals surface area contributed by atoms with Crippen molar-refractivity contribution in [2.24, 2.45) is 0 Å². The molecule has 9 heteroatoms. The van der Waals surface area contributed by atoms with E-state index in [1.807, 2.05) is 0 Å². The van der Waals surface area contributed by atoms with E-state index in [9.17, 15) is 16.8 Å². The summed E-state index contributed by atoms with van der Waals surface area (Å²) in [5.41, 5.74) is 1.15. The highest BCUT2D eigenvalue weighted by molar-refractivity contribution is 9.11. The van der Waals surface area contributed by atoms with Crippen molar-refractivity contribution in [3.05, 3.63) is 39.7 Å². The van der Waals surface area contributed by atoms with Crippen LogP contribution in [0.4, 0.5) is 5.69 Å². The zero-order valence-corrected chi connectivity index (χ0v) is 15.2. The summed E-state index contributed by atoms with van der Waals surface area (Å²) in [5.74, 6) is 0. The molecule has 0 aliphatic rings. The molecule has 1 aromatic heterocycles. The molecule has 0 saturated heterocycles. The zero-order valence-electron chi connectivity index (χ0n) is 11.1. The molecule has 0 unspecified atom stereocenters. The van der Waals surface area contributed by atoms with Crippen molar-refractivity contribution in [1.29, 1.82) is 0 Å². The topological polar surface area (TPSA) is 80.3 Å². The first-order valence-corrected chi connectivity index (χ1v) is 10.7. The summed E-state index contributed by atoms with van der Waals surface area (Å²) in [6.07, 6.45) is 1.10. The molecule has 0 aliphatic carbocycles. The van der Waals surface area contributed by atoms with Crippen molar-refractivity contribution in [3.63, 3.8) is 0 Å². The second kappa shape index (κ2) is 5.71. The Morgan fingerprint density at radius 2 is 1.67 bits per heavy atom. The lowest BCUT2D eigenvalue weighted by molar-refractivity contribution is 0.601. The Morgan fingerprint density at radius 3 is 2.10 bits per heavy atom. The Hall–Kier alpha value is -0.900. The second-order valence-corrected chi connectivity index (χ2v) is 10.7. The predicted octanol–water partition coefficient (Wildman–Crippen LogP) is 3.02. The Morgan fingerprint density at radius 1 is 1.10 bits per heavy atom. The molecule has 0 radical (unpaired) electrons. The van der Waals surface area contributed by atoms with Crippen LogP contribution >= 0.6 is 27.3 Å². The van der Waals surface area contributed by atoms with Gasteiger partial charge in [-0.25, -0.2) is 16.8 Å². The van der Waals surface area contributed by atoms with Crippen molar-refractivity contribution < 1.29 is 16.8 Å². The van der Waals surface area contributed by atoms with Gasteiger partial charge in [-0.15, -0.1) is 11.3 Å². The first-order valence-electron chi connectivity index (χ1n) is 5.68. The predicted molar refractivity (Wildman–Crippen MR) is 87.1 cm³/mol. The molecule has 0 saturated carbocycles. The normalized spacial score (nSPS) is 12.3. The van der Waals surface area contributed by atoms with E-state index in [2.05, 4.69) is 20.7 Å². The lowest BCUT2D eigenvalue weighted by Crippen LogP contribution is -2.11. The molecule has 0 bridgehead atoms. The van der Waals surface area contributed by atoms with Gasteiger partial charge in [-0.1, -0.05) is 0 Å². The maximum Gasteiger partial charge on any atom is 0.271 e. The second-order valence-electron chi connectivity index (χ2n) is 4.42. The third kappa shape index (κ3) is 3.85. The molecule has 0 amide bonds. The fourth-order valence-corrected chi connectivity index (χ4v) is 5.45. The van der Waals surface area contributed by atoms with Crippen LogP contribution < -0.4 is 4.72 Å². The molecular weight excluding hydrogens is 398 g/mol. The molecular formula is C12H12BrNO4S3. The van der Waals surface area contributed by atoms with Gasteiger partial charge in [-0.3, -0.25) is 4.72 Å². The first kappa shape index (κ1) is 16.5. The largest absolute Gasteiger partial charge is 0.279 e. The third-order valence-corrected chi connectivity index (χ3v) is 7.75. The van der Waals surface area contributed by atoms with Crippen LogP contribution in [0.1, 0.15) is 5.56 Å². The highest BCUT2D eigenvalue weighted by atomic mass is 79.9. The van der Waals surface area contributed by atoms with Crippen LogP contribution in [0, 0.1) is 6.92 Å². The monoisotopic (exact) mass is 409 g/mol. The molecule has 0 aliphatic heterocycles. The van der Waals surface area contributed by atoms with E-state index < -0.39 is 19.9 Å². The maximum absolute atomic E-state index is 12.2. The molecule has 1 N–H and O–H groups in total. The van der Waals surface area contributed by atoms with Crippen LogP contribution in [0.25, 0.3) is 0 Å². The van der Waals surface area contributed by atoms with Crippen LogP contribution in [-0.2, 0) is 19.9 Å². The molecule has 0 fully saturated rings. The minimum atomic E-state index is -3.67. The quantitative estimate of drug-likeness (QED) is 0.840. The number of hydrogen-bond acceptors (Lipinski definition) is 5.